The first kappa shape index (κ1) is 16.4. The normalized spacial score (nSPS) is 16.2. The zero-order chi connectivity index (χ0) is 17.6. The maximum Gasteiger partial charge on any atom is 0.226 e. The summed E-state index contributed by atoms with van der Waals surface area (Å²) in [6.07, 6.45) is 3.22. The highest BCUT2D eigenvalue weighted by molar-refractivity contribution is 6.42. The van der Waals surface area contributed by atoms with Crippen LogP contribution in [0.1, 0.15) is 17.2 Å². The molecule has 1 unspecified atom stereocenters. The van der Waals surface area contributed by atoms with Crippen molar-refractivity contribution in [2.24, 2.45) is 0 Å². The fraction of sp³-hybridized carbons (Fsp3) is 0.0588. The molecule has 0 spiro atoms. The summed E-state index contributed by atoms with van der Waals surface area (Å²) in [5.74, 6) is 0.0680. The SMILES string of the molecule is Fc1cccc(Cl)c1C1C=C(c2ccc(Cl)c(Cl)c2)Nc2ncnn21. The third-order valence-electron chi connectivity index (χ3n) is 3.93. The Morgan fingerprint density at radius 2 is 1.88 bits per heavy atom. The maximum atomic E-state index is 14.4. The van der Waals surface area contributed by atoms with Crippen molar-refractivity contribution in [3.63, 3.8) is 0 Å². The van der Waals surface area contributed by atoms with Gasteiger partial charge in [-0.3, -0.25) is 0 Å². The van der Waals surface area contributed by atoms with E-state index in [0.29, 0.717) is 32.3 Å². The molecule has 0 amide bonds. The molecule has 8 heteroatoms. The van der Waals surface area contributed by atoms with Crippen LogP contribution in [0.15, 0.2) is 48.8 Å². The Morgan fingerprint density at radius 1 is 1.04 bits per heavy atom. The summed E-state index contributed by atoms with van der Waals surface area (Å²) in [7, 11) is 0. The summed E-state index contributed by atoms with van der Waals surface area (Å²) < 4.78 is 16.0. The number of nitrogens with zero attached hydrogens (tertiary/aromatic N) is 3. The standard InChI is InChI=1S/C17H10Cl3FN4/c18-10-5-4-9(6-12(10)20)14-7-15(25-17(24-14)22-8-23-25)16-11(19)2-1-3-13(16)21/h1-8,15H,(H,22,23,24). The smallest absolute Gasteiger partial charge is 0.226 e. The van der Waals surface area contributed by atoms with Gasteiger partial charge in [-0.1, -0.05) is 46.9 Å². The number of benzene rings is 2. The minimum atomic E-state index is -0.545. The van der Waals surface area contributed by atoms with Crippen LogP contribution in [-0.2, 0) is 0 Å². The Balaban J connectivity index is 1.88. The quantitative estimate of drug-likeness (QED) is 0.629. The molecule has 1 aromatic heterocycles. The molecule has 0 fully saturated rings. The van der Waals surface area contributed by atoms with Gasteiger partial charge in [0.05, 0.1) is 10.0 Å². The van der Waals surface area contributed by atoms with Crippen LogP contribution in [-0.4, -0.2) is 14.8 Å². The van der Waals surface area contributed by atoms with Crippen LogP contribution in [0.25, 0.3) is 5.70 Å². The monoisotopic (exact) mass is 394 g/mol. The van der Waals surface area contributed by atoms with Crippen molar-refractivity contribution < 1.29 is 4.39 Å². The highest BCUT2D eigenvalue weighted by atomic mass is 35.5. The van der Waals surface area contributed by atoms with Gasteiger partial charge in [-0.2, -0.15) is 10.1 Å². The van der Waals surface area contributed by atoms with Gasteiger partial charge >= 0.3 is 0 Å². The van der Waals surface area contributed by atoms with E-state index >= 15 is 0 Å². The molecule has 0 aliphatic carbocycles. The fourth-order valence-corrected chi connectivity index (χ4v) is 3.34. The molecule has 0 saturated heterocycles. The first-order valence-corrected chi connectivity index (χ1v) is 8.45. The summed E-state index contributed by atoms with van der Waals surface area (Å²) >= 11 is 18.3. The number of fused-ring (bicyclic) bond motifs is 1. The molecule has 4 nitrogen and oxygen atoms in total. The molecule has 2 aromatic carbocycles. The molecule has 0 bridgehead atoms. The van der Waals surface area contributed by atoms with Crippen LogP contribution in [0.5, 0.6) is 0 Å². The summed E-state index contributed by atoms with van der Waals surface area (Å²) in [5.41, 5.74) is 1.83. The zero-order valence-corrected chi connectivity index (χ0v) is 14.8. The number of halogens is 4. The number of allylic oxidation sites excluding steroid dienone is 1. The first-order chi connectivity index (χ1) is 12.0. The van der Waals surface area contributed by atoms with E-state index < -0.39 is 11.9 Å². The number of rotatable bonds is 2. The highest BCUT2D eigenvalue weighted by Gasteiger charge is 2.27. The molecule has 1 N–H and O–H groups in total. The van der Waals surface area contributed by atoms with Gasteiger partial charge in [-0.25, -0.2) is 9.07 Å². The van der Waals surface area contributed by atoms with E-state index in [1.54, 1.807) is 28.9 Å². The lowest BCUT2D eigenvalue weighted by Crippen LogP contribution is -2.21. The minimum Gasteiger partial charge on any atom is -0.324 e. The van der Waals surface area contributed by atoms with Gasteiger partial charge in [0.15, 0.2) is 0 Å². The number of nitrogens with one attached hydrogen (secondary N) is 1. The average molecular weight is 396 g/mol. The Morgan fingerprint density at radius 3 is 2.64 bits per heavy atom. The minimum absolute atomic E-state index is 0.318. The lowest BCUT2D eigenvalue weighted by atomic mass is 10.0. The summed E-state index contributed by atoms with van der Waals surface area (Å²) in [6.45, 7) is 0. The van der Waals surface area contributed by atoms with Gasteiger partial charge in [-0.15, -0.1) is 0 Å². The molecular weight excluding hydrogens is 386 g/mol. The Hall–Kier alpha value is -2.08. The number of aromatic nitrogens is 3. The number of hydrogen-bond donors (Lipinski definition) is 1. The summed E-state index contributed by atoms with van der Waals surface area (Å²) in [4.78, 5) is 4.18. The molecule has 4 rings (SSSR count). The van der Waals surface area contributed by atoms with E-state index in [1.165, 1.54) is 12.4 Å². The molecule has 25 heavy (non-hydrogen) atoms. The topological polar surface area (TPSA) is 42.7 Å². The molecule has 3 aromatic rings. The predicted molar refractivity (Wildman–Crippen MR) is 97.6 cm³/mol. The summed E-state index contributed by atoms with van der Waals surface area (Å²) in [5, 5.41) is 8.54. The molecule has 1 aliphatic rings. The van der Waals surface area contributed by atoms with E-state index in [-0.39, 0.29) is 0 Å². The van der Waals surface area contributed by atoms with Crippen molar-refractivity contribution in [2.45, 2.75) is 6.04 Å². The lowest BCUT2D eigenvalue weighted by Gasteiger charge is -2.25. The number of anilines is 1. The first-order valence-electron chi connectivity index (χ1n) is 7.32. The largest absolute Gasteiger partial charge is 0.324 e. The van der Waals surface area contributed by atoms with Crippen LogP contribution < -0.4 is 5.32 Å². The van der Waals surface area contributed by atoms with E-state index in [0.717, 1.165) is 5.56 Å². The lowest BCUT2D eigenvalue weighted by molar-refractivity contribution is 0.551. The Kier molecular flexibility index (Phi) is 4.15. The van der Waals surface area contributed by atoms with Crippen molar-refractivity contribution in [1.29, 1.82) is 0 Å². The van der Waals surface area contributed by atoms with Crippen molar-refractivity contribution in [3.8, 4) is 0 Å². The molecular formula is C17H10Cl3FN4. The van der Waals surface area contributed by atoms with Crippen LogP contribution >= 0.6 is 34.8 Å². The van der Waals surface area contributed by atoms with Gasteiger partial charge in [0.2, 0.25) is 5.95 Å². The van der Waals surface area contributed by atoms with Gasteiger partial charge in [0.1, 0.15) is 18.2 Å². The van der Waals surface area contributed by atoms with E-state index in [1.807, 2.05) is 12.1 Å². The second kappa shape index (κ2) is 6.33. The molecule has 0 radical (unpaired) electrons. The highest BCUT2D eigenvalue weighted by Crippen LogP contribution is 2.37. The predicted octanol–water partition coefficient (Wildman–Crippen LogP) is 5.43. The van der Waals surface area contributed by atoms with Gasteiger partial charge in [0, 0.05) is 16.3 Å². The van der Waals surface area contributed by atoms with Gasteiger partial charge < -0.3 is 5.32 Å². The maximum absolute atomic E-state index is 14.4. The van der Waals surface area contributed by atoms with Crippen molar-refractivity contribution in [2.75, 3.05) is 5.32 Å². The molecule has 0 saturated carbocycles. The number of hydrogen-bond acceptors (Lipinski definition) is 3. The van der Waals surface area contributed by atoms with Gasteiger partial charge in [0.25, 0.3) is 0 Å². The zero-order valence-electron chi connectivity index (χ0n) is 12.5. The second-order valence-electron chi connectivity index (χ2n) is 5.44. The van der Waals surface area contributed by atoms with Crippen molar-refractivity contribution in [1.82, 2.24) is 14.8 Å². The van der Waals surface area contributed by atoms with Crippen LogP contribution in [0.2, 0.25) is 15.1 Å². The molecule has 126 valence electrons. The Bertz CT molecular complexity index is 979. The van der Waals surface area contributed by atoms with Crippen LogP contribution in [0, 0.1) is 5.82 Å². The third kappa shape index (κ3) is 2.88. The van der Waals surface area contributed by atoms with Crippen LogP contribution in [0.3, 0.4) is 0 Å². The van der Waals surface area contributed by atoms with E-state index in [4.69, 9.17) is 34.8 Å². The van der Waals surface area contributed by atoms with Crippen LogP contribution in [0.4, 0.5) is 10.3 Å². The van der Waals surface area contributed by atoms with E-state index in [9.17, 15) is 4.39 Å². The third-order valence-corrected chi connectivity index (χ3v) is 5.00. The van der Waals surface area contributed by atoms with E-state index in [2.05, 4.69) is 15.4 Å². The average Bonchev–Trinajstić information content (AvgIpc) is 3.05. The molecule has 1 atom stereocenters. The van der Waals surface area contributed by atoms with Gasteiger partial charge in [-0.05, 0) is 35.9 Å². The molecule has 1 aliphatic heterocycles. The van der Waals surface area contributed by atoms with Crippen molar-refractivity contribution >= 4 is 46.4 Å². The van der Waals surface area contributed by atoms with Crippen molar-refractivity contribution in [3.05, 3.63) is 80.8 Å². The Labute approximate surface area is 157 Å². The summed E-state index contributed by atoms with van der Waals surface area (Å²) in [6, 6.07) is 9.28. The second-order valence-corrected chi connectivity index (χ2v) is 6.66. The fourth-order valence-electron chi connectivity index (χ4n) is 2.76. The molecule has 2 heterocycles.